The van der Waals surface area contributed by atoms with Crippen molar-refractivity contribution >= 4 is 17.5 Å². The van der Waals surface area contributed by atoms with Gasteiger partial charge in [-0.25, -0.2) is 0 Å². The fourth-order valence-corrected chi connectivity index (χ4v) is 2.55. The molecule has 0 aliphatic heterocycles. The molecule has 0 atom stereocenters. The van der Waals surface area contributed by atoms with Crippen molar-refractivity contribution in [3.8, 4) is 11.3 Å². The number of nitrogens with zero attached hydrogens (tertiary/aromatic N) is 2. The number of nitrogens with one attached hydrogen (secondary N) is 1. The van der Waals surface area contributed by atoms with Gasteiger partial charge >= 0.3 is 0 Å². The van der Waals surface area contributed by atoms with E-state index >= 15 is 0 Å². The van der Waals surface area contributed by atoms with Gasteiger partial charge in [0.15, 0.2) is 11.5 Å². The monoisotopic (exact) mass is 349 g/mol. The quantitative estimate of drug-likeness (QED) is 0.699. The number of amides is 1. The largest absolute Gasteiger partial charge is 0.355 e. The standard InChI is InChI=1S/C18H24ClN3O2/c1-3-22(4-2)12-6-5-11-20-18(23)16-13-17(24-21-16)14-7-9-15(19)10-8-14/h7-10,13H,3-6,11-12H2,1-2H3,(H,20,23). The van der Waals surface area contributed by atoms with Crippen LogP contribution in [0.1, 0.15) is 37.2 Å². The van der Waals surface area contributed by atoms with Crippen molar-refractivity contribution in [1.29, 1.82) is 0 Å². The van der Waals surface area contributed by atoms with Crippen molar-refractivity contribution < 1.29 is 9.32 Å². The van der Waals surface area contributed by atoms with Crippen LogP contribution in [0, 0.1) is 0 Å². The average Bonchev–Trinajstić information content (AvgIpc) is 3.09. The highest BCUT2D eigenvalue weighted by atomic mass is 35.5. The van der Waals surface area contributed by atoms with Crippen LogP contribution < -0.4 is 5.32 Å². The van der Waals surface area contributed by atoms with Gasteiger partial charge in [0.2, 0.25) is 0 Å². The van der Waals surface area contributed by atoms with Crippen molar-refractivity contribution in [2.24, 2.45) is 0 Å². The van der Waals surface area contributed by atoms with Crippen molar-refractivity contribution in [2.75, 3.05) is 26.2 Å². The number of carbonyl (C=O) groups is 1. The number of unbranched alkanes of at least 4 members (excludes halogenated alkanes) is 1. The molecular weight excluding hydrogens is 326 g/mol. The Labute approximate surface area is 148 Å². The third-order valence-corrected chi connectivity index (χ3v) is 4.20. The highest BCUT2D eigenvalue weighted by molar-refractivity contribution is 6.30. The van der Waals surface area contributed by atoms with Gasteiger partial charge in [0.1, 0.15) is 0 Å². The van der Waals surface area contributed by atoms with Gasteiger partial charge in [0, 0.05) is 23.2 Å². The molecular formula is C18H24ClN3O2. The highest BCUT2D eigenvalue weighted by Gasteiger charge is 2.13. The Bertz CT molecular complexity index is 636. The lowest BCUT2D eigenvalue weighted by Crippen LogP contribution is -2.27. The van der Waals surface area contributed by atoms with Gasteiger partial charge in [-0.15, -0.1) is 0 Å². The van der Waals surface area contributed by atoms with Crippen LogP contribution in [0.15, 0.2) is 34.9 Å². The molecule has 0 saturated carbocycles. The maximum Gasteiger partial charge on any atom is 0.273 e. The van der Waals surface area contributed by atoms with Crippen LogP contribution in [0.4, 0.5) is 0 Å². The first kappa shape index (κ1) is 18.5. The minimum absolute atomic E-state index is 0.207. The van der Waals surface area contributed by atoms with Crippen LogP contribution in [-0.4, -0.2) is 42.1 Å². The van der Waals surface area contributed by atoms with Crippen molar-refractivity contribution in [2.45, 2.75) is 26.7 Å². The molecule has 5 nitrogen and oxygen atoms in total. The predicted molar refractivity (Wildman–Crippen MR) is 96.3 cm³/mol. The number of aromatic nitrogens is 1. The van der Waals surface area contributed by atoms with Crippen LogP contribution in [-0.2, 0) is 0 Å². The Morgan fingerprint density at radius 1 is 1.21 bits per heavy atom. The molecule has 1 aromatic heterocycles. The number of hydrogen-bond donors (Lipinski definition) is 1. The first-order valence-corrected chi connectivity index (χ1v) is 8.75. The number of rotatable bonds is 9. The molecule has 0 aliphatic carbocycles. The van der Waals surface area contributed by atoms with Crippen LogP contribution >= 0.6 is 11.6 Å². The first-order chi connectivity index (χ1) is 11.6. The third-order valence-electron chi connectivity index (χ3n) is 3.95. The Balaban J connectivity index is 1.78. The van der Waals surface area contributed by atoms with Crippen LogP contribution in [0.3, 0.4) is 0 Å². The van der Waals surface area contributed by atoms with Gasteiger partial charge < -0.3 is 14.7 Å². The fourth-order valence-electron chi connectivity index (χ4n) is 2.43. The molecule has 0 radical (unpaired) electrons. The van der Waals surface area contributed by atoms with Gasteiger partial charge in [-0.05, 0) is 56.7 Å². The summed E-state index contributed by atoms with van der Waals surface area (Å²) in [5.74, 6) is 0.347. The molecule has 0 saturated heterocycles. The summed E-state index contributed by atoms with van der Waals surface area (Å²) in [5.41, 5.74) is 1.13. The molecule has 130 valence electrons. The lowest BCUT2D eigenvalue weighted by molar-refractivity contribution is 0.0943. The molecule has 0 unspecified atom stereocenters. The van der Waals surface area contributed by atoms with Gasteiger partial charge in [-0.1, -0.05) is 30.6 Å². The number of benzene rings is 1. The van der Waals surface area contributed by atoms with E-state index in [1.54, 1.807) is 18.2 Å². The Hall–Kier alpha value is -1.85. The van der Waals surface area contributed by atoms with E-state index in [4.69, 9.17) is 16.1 Å². The fraction of sp³-hybridized carbons (Fsp3) is 0.444. The van der Waals surface area contributed by atoms with Crippen molar-refractivity contribution in [3.05, 3.63) is 41.0 Å². The molecule has 0 aliphatic rings. The Kier molecular flexibility index (Phi) is 7.28. The molecule has 0 bridgehead atoms. The molecule has 0 spiro atoms. The molecule has 1 amide bonds. The summed E-state index contributed by atoms with van der Waals surface area (Å²) in [7, 11) is 0. The topological polar surface area (TPSA) is 58.4 Å². The van der Waals surface area contributed by atoms with E-state index in [9.17, 15) is 4.79 Å². The van der Waals surface area contributed by atoms with Crippen molar-refractivity contribution in [1.82, 2.24) is 15.4 Å². The van der Waals surface area contributed by atoms with Gasteiger partial charge in [-0.2, -0.15) is 0 Å². The average molecular weight is 350 g/mol. The zero-order chi connectivity index (χ0) is 17.4. The van der Waals surface area contributed by atoms with Gasteiger partial charge in [0.05, 0.1) is 0 Å². The minimum Gasteiger partial charge on any atom is -0.355 e. The second kappa shape index (κ2) is 9.45. The Morgan fingerprint density at radius 3 is 2.58 bits per heavy atom. The molecule has 1 heterocycles. The number of halogens is 1. The van der Waals surface area contributed by atoms with Crippen LogP contribution in [0.25, 0.3) is 11.3 Å². The maximum absolute atomic E-state index is 12.1. The second-order valence-electron chi connectivity index (χ2n) is 5.57. The summed E-state index contributed by atoms with van der Waals surface area (Å²) in [4.78, 5) is 14.5. The van der Waals surface area contributed by atoms with E-state index in [-0.39, 0.29) is 5.91 Å². The predicted octanol–water partition coefficient (Wildman–Crippen LogP) is 3.85. The van der Waals surface area contributed by atoms with E-state index in [2.05, 4.69) is 29.2 Å². The lowest BCUT2D eigenvalue weighted by Gasteiger charge is -2.17. The van der Waals surface area contributed by atoms with Gasteiger partial charge in [0.25, 0.3) is 5.91 Å². The van der Waals surface area contributed by atoms with Crippen LogP contribution in [0.5, 0.6) is 0 Å². The summed E-state index contributed by atoms with van der Waals surface area (Å²) in [6.45, 7) is 8.16. The van der Waals surface area contributed by atoms with E-state index in [1.807, 2.05) is 12.1 Å². The number of carbonyl (C=O) groups excluding carboxylic acids is 1. The Morgan fingerprint density at radius 2 is 1.92 bits per heavy atom. The zero-order valence-electron chi connectivity index (χ0n) is 14.2. The summed E-state index contributed by atoms with van der Waals surface area (Å²) in [6.07, 6.45) is 2.01. The molecule has 2 rings (SSSR count). The van der Waals surface area contributed by atoms with E-state index in [0.717, 1.165) is 38.0 Å². The SMILES string of the molecule is CCN(CC)CCCCNC(=O)c1cc(-c2ccc(Cl)cc2)on1. The molecule has 1 N–H and O–H groups in total. The maximum atomic E-state index is 12.1. The second-order valence-corrected chi connectivity index (χ2v) is 6.01. The minimum atomic E-state index is -0.207. The summed E-state index contributed by atoms with van der Waals surface area (Å²) >= 11 is 5.86. The summed E-state index contributed by atoms with van der Waals surface area (Å²) in [5, 5.41) is 7.38. The smallest absolute Gasteiger partial charge is 0.273 e. The van der Waals surface area contributed by atoms with E-state index in [1.165, 1.54) is 0 Å². The van der Waals surface area contributed by atoms with Crippen molar-refractivity contribution in [3.63, 3.8) is 0 Å². The molecule has 1 aromatic carbocycles. The third kappa shape index (κ3) is 5.35. The molecule has 6 heteroatoms. The normalized spacial score (nSPS) is 11.0. The van der Waals surface area contributed by atoms with Gasteiger partial charge in [-0.3, -0.25) is 4.79 Å². The summed E-state index contributed by atoms with van der Waals surface area (Å²) in [6, 6.07) is 8.86. The van der Waals surface area contributed by atoms with Crippen LogP contribution in [0.2, 0.25) is 5.02 Å². The zero-order valence-corrected chi connectivity index (χ0v) is 15.0. The number of hydrogen-bond acceptors (Lipinski definition) is 4. The first-order valence-electron chi connectivity index (χ1n) is 8.37. The van der Waals surface area contributed by atoms with E-state index < -0.39 is 0 Å². The molecule has 2 aromatic rings. The lowest BCUT2D eigenvalue weighted by atomic mass is 10.1. The summed E-state index contributed by atoms with van der Waals surface area (Å²) < 4.78 is 5.24. The van der Waals surface area contributed by atoms with E-state index in [0.29, 0.717) is 23.0 Å². The highest BCUT2D eigenvalue weighted by Crippen LogP contribution is 2.22. The molecule has 0 fully saturated rings. The molecule has 24 heavy (non-hydrogen) atoms.